The fraction of sp³-hybridized carbons (Fsp3) is 0.500. The lowest BCUT2D eigenvalue weighted by atomic mass is 9.67. The molecule has 2 amide bonds. The highest BCUT2D eigenvalue weighted by atomic mass is 16.2. The van der Waals surface area contributed by atoms with Crippen LogP contribution in [0.4, 0.5) is 0 Å². The molecule has 1 aliphatic heterocycles. The molecule has 8 nitrogen and oxygen atoms in total. The molecule has 2 aromatic rings. The molecule has 0 radical (unpaired) electrons. The Morgan fingerprint density at radius 2 is 1.81 bits per heavy atom. The van der Waals surface area contributed by atoms with E-state index >= 15 is 0 Å². The van der Waals surface area contributed by atoms with E-state index < -0.39 is 11.3 Å². The number of nitrogens with two attached hydrogens (primary N) is 1. The predicted octanol–water partition coefficient (Wildman–Crippen LogP) is 3.24. The highest BCUT2D eigenvalue weighted by molar-refractivity contribution is 5.96. The predicted molar refractivity (Wildman–Crippen MR) is 165 cm³/mol. The summed E-state index contributed by atoms with van der Waals surface area (Å²) in [7, 11) is 3.56. The van der Waals surface area contributed by atoms with Crippen LogP contribution in [0.5, 0.6) is 0 Å². The van der Waals surface area contributed by atoms with Gasteiger partial charge in [0, 0.05) is 42.5 Å². The molecular formula is C34H44N6O2. The number of primary amides is 1. The van der Waals surface area contributed by atoms with Crippen molar-refractivity contribution in [2.24, 2.45) is 11.7 Å². The van der Waals surface area contributed by atoms with Gasteiger partial charge in [-0.2, -0.15) is 5.26 Å². The summed E-state index contributed by atoms with van der Waals surface area (Å²) in [5.41, 5.74) is 11.5. The topological polar surface area (TPSA) is 123 Å². The van der Waals surface area contributed by atoms with Gasteiger partial charge in [-0.3, -0.25) is 9.59 Å². The van der Waals surface area contributed by atoms with Gasteiger partial charge in [0.25, 0.3) is 5.91 Å². The van der Waals surface area contributed by atoms with Gasteiger partial charge in [0.2, 0.25) is 5.91 Å². The Kier molecular flexibility index (Phi) is 7.95. The Balaban J connectivity index is 1.52. The molecule has 1 saturated heterocycles. The van der Waals surface area contributed by atoms with E-state index in [1.165, 1.54) is 0 Å². The minimum Gasteiger partial charge on any atom is -0.369 e. The van der Waals surface area contributed by atoms with Crippen LogP contribution in [0.2, 0.25) is 0 Å². The van der Waals surface area contributed by atoms with Crippen LogP contribution in [0.3, 0.4) is 0 Å². The van der Waals surface area contributed by atoms with E-state index in [1.54, 1.807) is 13.1 Å². The van der Waals surface area contributed by atoms with Crippen LogP contribution in [0, 0.1) is 17.2 Å². The Hall–Kier alpha value is -3.67. The number of carbonyl (C=O) groups excluding carboxylic acids is 2. The Morgan fingerprint density at radius 1 is 1.14 bits per heavy atom. The van der Waals surface area contributed by atoms with Crippen molar-refractivity contribution in [3.05, 3.63) is 82.1 Å². The van der Waals surface area contributed by atoms with Crippen LogP contribution in [-0.4, -0.2) is 55.5 Å². The second-order valence-electron chi connectivity index (χ2n) is 12.9. The number of likely N-dealkylation sites (tertiary alicyclic amines) is 1. The minimum absolute atomic E-state index is 0.0989. The first-order valence-corrected chi connectivity index (χ1v) is 15.0. The molecule has 2 aliphatic carbocycles. The van der Waals surface area contributed by atoms with Gasteiger partial charge in [-0.1, -0.05) is 30.8 Å². The third-order valence-electron chi connectivity index (χ3n) is 9.94. The molecule has 0 aromatic heterocycles. The van der Waals surface area contributed by atoms with E-state index in [0.29, 0.717) is 36.9 Å². The summed E-state index contributed by atoms with van der Waals surface area (Å²) in [5, 5.41) is 19.3. The zero-order chi connectivity index (χ0) is 30.4. The van der Waals surface area contributed by atoms with Crippen molar-refractivity contribution in [2.75, 3.05) is 20.6 Å². The minimum atomic E-state index is -1.09. The number of nitrogens with zero attached hydrogens (tertiary/aromatic N) is 2. The summed E-state index contributed by atoms with van der Waals surface area (Å²) in [6.45, 7) is 11.2. The highest BCUT2D eigenvalue weighted by Gasteiger charge is 2.52. The lowest BCUT2D eigenvalue weighted by Crippen LogP contribution is -2.48. The van der Waals surface area contributed by atoms with Crippen LogP contribution in [0.25, 0.3) is 0 Å². The molecule has 8 heteroatoms. The van der Waals surface area contributed by atoms with Gasteiger partial charge in [0.05, 0.1) is 6.07 Å². The van der Waals surface area contributed by atoms with Crippen molar-refractivity contribution in [2.45, 2.75) is 82.0 Å². The fourth-order valence-electron chi connectivity index (χ4n) is 7.19. The smallest absolute Gasteiger partial charge is 0.251 e. The number of amides is 2. The number of nitriles is 1. The average Bonchev–Trinajstić information content (AvgIpc) is 3.68. The summed E-state index contributed by atoms with van der Waals surface area (Å²) in [6.07, 6.45) is 3.91. The first-order valence-electron chi connectivity index (χ1n) is 15.0. The van der Waals surface area contributed by atoms with Crippen LogP contribution in [-0.2, 0) is 28.6 Å². The average molecular weight is 569 g/mol. The maximum atomic E-state index is 13.8. The first kappa shape index (κ1) is 29.8. The quantitative estimate of drug-likeness (QED) is 0.349. The summed E-state index contributed by atoms with van der Waals surface area (Å²) >= 11 is 0. The fourth-order valence-corrected chi connectivity index (χ4v) is 7.19. The van der Waals surface area contributed by atoms with Crippen LogP contribution in [0.1, 0.15) is 78.2 Å². The maximum absolute atomic E-state index is 13.8. The molecule has 2 unspecified atom stereocenters. The third-order valence-corrected chi connectivity index (χ3v) is 9.94. The molecule has 5 atom stereocenters. The van der Waals surface area contributed by atoms with Gasteiger partial charge in [-0.05, 0) is 106 Å². The van der Waals surface area contributed by atoms with Crippen LogP contribution >= 0.6 is 0 Å². The lowest BCUT2D eigenvalue weighted by Gasteiger charge is -2.37. The Morgan fingerprint density at radius 3 is 2.43 bits per heavy atom. The molecule has 3 aliphatic rings. The van der Waals surface area contributed by atoms with Gasteiger partial charge >= 0.3 is 0 Å². The summed E-state index contributed by atoms with van der Waals surface area (Å²) in [4.78, 5) is 28.6. The maximum Gasteiger partial charge on any atom is 0.251 e. The molecular weight excluding hydrogens is 524 g/mol. The largest absolute Gasteiger partial charge is 0.369 e. The van der Waals surface area contributed by atoms with Gasteiger partial charge in [-0.15, -0.1) is 0 Å². The van der Waals surface area contributed by atoms with Gasteiger partial charge < -0.3 is 26.6 Å². The molecule has 1 saturated carbocycles. The number of piperidine rings is 1. The van der Waals surface area contributed by atoms with Crippen molar-refractivity contribution in [3.8, 4) is 6.07 Å². The van der Waals surface area contributed by atoms with E-state index in [-0.39, 0.29) is 23.5 Å². The molecule has 42 heavy (non-hydrogen) atoms. The standard InChI is InChI=1S/C34H44N6O2/c1-20(39-19-21(2)40-27(18-35)15-25-16-30(25)40)17-34(32(36)42)28-11-9-24(31(41)37-5)13-22(28)7-8-23-14-26(10-12-29(23)34)33(3,4)38-6/h9-14,20,25,27,30,38-39H,2,7-8,15-17,19H2,1,3-6H3,(H2,36,42)(H,37,41)/t20-,25+,27?,30-,34?/m0/s1. The third kappa shape index (κ3) is 5.10. The molecule has 222 valence electrons. The zero-order valence-corrected chi connectivity index (χ0v) is 25.5. The first-order chi connectivity index (χ1) is 20.0. The van der Waals surface area contributed by atoms with Crippen molar-refractivity contribution < 1.29 is 9.59 Å². The number of hydrogen-bond donors (Lipinski definition) is 4. The van der Waals surface area contributed by atoms with Crippen LogP contribution in [0.15, 0.2) is 48.7 Å². The van der Waals surface area contributed by atoms with E-state index in [2.05, 4.69) is 72.5 Å². The monoisotopic (exact) mass is 568 g/mol. The SMILES string of the molecule is C=C(CN[C@@H](C)CC1(C(N)=O)c2ccc(C(=O)NC)cc2CCc2cc(C(C)(C)NC)ccc21)N1C(C#N)C[C@@H]2C[C@@H]21. The van der Waals surface area contributed by atoms with Crippen molar-refractivity contribution in [3.63, 3.8) is 0 Å². The highest BCUT2D eigenvalue weighted by Crippen LogP contribution is 2.49. The number of aryl methyl sites for hydroxylation is 2. The summed E-state index contributed by atoms with van der Waals surface area (Å²) in [6, 6.07) is 14.7. The molecule has 5 N–H and O–H groups in total. The lowest BCUT2D eigenvalue weighted by molar-refractivity contribution is -0.122. The van der Waals surface area contributed by atoms with E-state index in [0.717, 1.165) is 52.8 Å². The number of fused-ring (bicyclic) bond motifs is 3. The molecule has 1 heterocycles. The van der Waals surface area contributed by atoms with Gasteiger partial charge in [0.15, 0.2) is 0 Å². The zero-order valence-electron chi connectivity index (χ0n) is 25.5. The number of hydrogen-bond acceptors (Lipinski definition) is 6. The Labute approximate surface area is 249 Å². The van der Waals surface area contributed by atoms with Crippen molar-refractivity contribution in [1.29, 1.82) is 5.26 Å². The normalized spacial score (nSPS) is 24.9. The van der Waals surface area contributed by atoms with Crippen molar-refractivity contribution in [1.82, 2.24) is 20.9 Å². The number of benzene rings is 2. The molecule has 0 spiro atoms. The van der Waals surface area contributed by atoms with E-state index in [1.807, 2.05) is 19.2 Å². The summed E-state index contributed by atoms with van der Waals surface area (Å²) in [5.74, 6) is 0.0438. The second kappa shape index (κ2) is 11.2. The molecule has 0 bridgehead atoms. The van der Waals surface area contributed by atoms with E-state index in [4.69, 9.17) is 5.73 Å². The summed E-state index contributed by atoms with van der Waals surface area (Å²) < 4.78 is 0. The van der Waals surface area contributed by atoms with Crippen molar-refractivity contribution >= 4 is 11.8 Å². The molecule has 2 aromatic carbocycles. The number of nitrogens with one attached hydrogen (secondary N) is 3. The molecule has 5 rings (SSSR count). The van der Waals surface area contributed by atoms with E-state index in [9.17, 15) is 14.9 Å². The van der Waals surface area contributed by atoms with Gasteiger partial charge in [-0.25, -0.2) is 0 Å². The Bertz CT molecular complexity index is 1460. The number of carbonyl (C=O) groups is 2. The van der Waals surface area contributed by atoms with Gasteiger partial charge in [0.1, 0.15) is 11.5 Å². The van der Waals surface area contributed by atoms with Crippen LogP contribution < -0.4 is 21.7 Å². The second-order valence-corrected chi connectivity index (χ2v) is 12.9. The molecule has 2 fully saturated rings. The number of rotatable bonds is 10.